The second-order valence-corrected chi connectivity index (χ2v) is 3.45. The Kier molecular flexibility index (Phi) is 3.24. The Bertz CT molecular complexity index is 271. The average molecular weight is 204 g/mol. The van der Waals surface area contributed by atoms with Crippen molar-refractivity contribution in [2.75, 3.05) is 0 Å². The number of ether oxygens (including phenoxy) is 1. The number of benzene rings is 1. The van der Waals surface area contributed by atoms with E-state index in [4.69, 9.17) is 27.9 Å². The van der Waals surface area contributed by atoms with E-state index in [0.717, 1.165) is 0 Å². The van der Waals surface area contributed by atoms with Gasteiger partial charge in [-0.2, -0.15) is 0 Å². The molecule has 0 amide bonds. The van der Waals surface area contributed by atoms with Crippen molar-refractivity contribution in [1.82, 2.24) is 0 Å². The largest absolute Gasteiger partial charge is 0.491 e. The number of hydrogen-bond donors (Lipinski definition) is 0. The zero-order valence-electron chi connectivity index (χ0n) is 6.90. The van der Waals surface area contributed by atoms with Gasteiger partial charge in [-0.15, -0.1) is 0 Å². The predicted molar refractivity (Wildman–Crippen MR) is 51.1 cm³/mol. The molecule has 0 fully saturated rings. The normalized spacial score (nSPS) is 10.4. The van der Waals surface area contributed by atoms with Gasteiger partial charge in [0.15, 0.2) is 0 Å². The molecule has 0 aliphatic carbocycles. The van der Waals surface area contributed by atoms with E-state index in [1.165, 1.54) is 0 Å². The molecule has 1 aromatic rings. The van der Waals surface area contributed by atoms with Crippen LogP contribution in [0.4, 0.5) is 0 Å². The highest BCUT2D eigenvalue weighted by molar-refractivity contribution is 6.41. The molecule has 0 atom stereocenters. The fourth-order valence-electron chi connectivity index (χ4n) is 0.774. The molecule has 0 saturated carbocycles. The van der Waals surface area contributed by atoms with Crippen LogP contribution in [0, 0.1) is 6.07 Å². The highest BCUT2D eigenvalue weighted by Gasteiger charge is 2.01. The molecule has 0 aliphatic rings. The second-order valence-electron chi connectivity index (χ2n) is 2.66. The fourth-order valence-corrected chi connectivity index (χ4v) is 1.04. The van der Waals surface area contributed by atoms with Gasteiger partial charge in [0, 0.05) is 12.1 Å². The van der Waals surface area contributed by atoms with Crippen molar-refractivity contribution in [3.8, 4) is 5.75 Å². The maximum Gasteiger partial charge on any atom is 0.121 e. The summed E-state index contributed by atoms with van der Waals surface area (Å²) in [5, 5.41) is 0.891. The first-order chi connectivity index (χ1) is 5.59. The topological polar surface area (TPSA) is 9.23 Å². The van der Waals surface area contributed by atoms with Gasteiger partial charge in [0.25, 0.3) is 0 Å². The molecule has 1 radical (unpaired) electrons. The molecule has 0 bridgehead atoms. The van der Waals surface area contributed by atoms with Crippen LogP contribution < -0.4 is 4.74 Å². The van der Waals surface area contributed by atoms with Crippen molar-refractivity contribution in [2.24, 2.45) is 0 Å². The van der Waals surface area contributed by atoms with Crippen molar-refractivity contribution in [2.45, 2.75) is 20.0 Å². The first kappa shape index (κ1) is 9.69. The number of halogens is 2. The van der Waals surface area contributed by atoms with Gasteiger partial charge in [-0.05, 0) is 19.9 Å². The van der Waals surface area contributed by atoms with Crippen molar-refractivity contribution >= 4 is 23.2 Å². The van der Waals surface area contributed by atoms with Crippen LogP contribution in [0.25, 0.3) is 0 Å². The Balaban J connectivity index is 2.82. The lowest BCUT2D eigenvalue weighted by Gasteiger charge is -2.09. The number of hydrogen-bond acceptors (Lipinski definition) is 1. The molecule has 1 rings (SSSR count). The molecule has 0 heterocycles. The molecule has 0 saturated heterocycles. The van der Waals surface area contributed by atoms with E-state index >= 15 is 0 Å². The van der Waals surface area contributed by atoms with E-state index in [9.17, 15) is 0 Å². The first-order valence-electron chi connectivity index (χ1n) is 3.63. The molecule has 0 unspecified atom stereocenters. The Hall–Kier alpha value is -0.400. The Morgan fingerprint density at radius 2 is 2.08 bits per heavy atom. The summed E-state index contributed by atoms with van der Waals surface area (Å²) in [6.45, 7) is 3.89. The number of rotatable bonds is 2. The summed E-state index contributed by atoms with van der Waals surface area (Å²) in [5.74, 6) is 0.694. The van der Waals surface area contributed by atoms with Crippen molar-refractivity contribution in [3.05, 3.63) is 28.2 Å². The second kappa shape index (κ2) is 4.01. The standard InChI is InChI=1S/C9H9Cl2O/c1-6(2)12-7-3-4-8(10)9(11)5-7/h3,5-6H,1-2H3. The van der Waals surface area contributed by atoms with Crippen LogP contribution in [-0.2, 0) is 0 Å². The molecular weight excluding hydrogens is 195 g/mol. The van der Waals surface area contributed by atoms with Crippen LogP contribution in [0.2, 0.25) is 10.0 Å². The molecular formula is C9H9Cl2O. The van der Waals surface area contributed by atoms with Crippen LogP contribution in [0.15, 0.2) is 12.1 Å². The van der Waals surface area contributed by atoms with E-state index in [-0.39, 0.29) is 6.10 Å². The summed E-state index contributed by atoms with van der Waals surface area (Å²) >= 11 is 11.4. The zero-order valence-corrected chi connectivity index (χ0v) is 8.41. The summed E-state index contributed by atoms with van der Waals surface area (Å²) in [7, 11) is 0. The minimum absolute atomic E-state index is 0.135. The zero-order chi connectivity index (χ0) is 9.14. The molecule has 65 valence electrons. The molecule has 12 heavy (non-hydrogen) atoms. The lowest BCUT2D eigenvalue weighted by Crippen LogP contribution is -2.05. The third-order valence-corrected chi connectivity index (χ3v) is 1.90. The van der Waals surface area contributed by atoms with Crippen molar-refractivity contribution in [1.29, 1.82) is 0 Å². The predicted octanol–water partition coefficient (Wildman–Crippen LogP) is 3.58. The highest BCUT2D eigenvalue weighted by Crippen LogP contribution is 2.26. The Morgan fingerprint density at radius 3 is 2.58 bits per heavy atom. The van der Waals surface area contributed by atoms with Gasteiger partial charge in [-0.3, -0.25) is 0 Å². The maximum absolute atomic E-state index is 5.75. The summed E-state index contributed by atoms with van der Waals surface area (Å²) in [4.78, 5) is 0. The van der Waals surface area contributed by atoms with Crippen LogP contribution in [0.1, 0.15) is 13.8 Å². The molecule has 0 spiro atoms. The van der Waals surface area contributed by atoms with E-state index in [0.29, 0.717) is 15.8 Å². The van der Waals surface area contributed by atoms with Crippen LogP contribution >= 0.6 is 23.2 Å². The van der Waals surface area contributed by atoms with Gasteiger partial charge in [-0.25, -0.2) is 0 Å². The Morgan fingerprint density at radius 1 is 1.42 bits per heavy atom. The molecule has 1 aromatic carbocycles. The van der Waals surface area contributed by atoms with Gasteiger partial charge in [0.1, 0.15) is 5.75 Å². The quantitative estimate of drug-likeness (QED) is 0.715. The van der Waals surface area contributed by atoms with Crippen molar-refractivity contribution < 1.29 is 4.74 Å². The van der Waals surface area contributed by atoms with Gasteiger partial charge >= 0.3 is 0 Å². The lowest BCUT2D eigenvalue weighted by atomic mass is 10.3. The third kappa shape index (κ3) is 2.58. The van der Waals surface area contributed by atoms with E-state index in [2.05, 4.69) is 6.07 Å². The average Bonchev–Trinajstić information content (AvgIpc) is 1.96. The van der Waals surface area contributed by atoms with Crippen molar-refractivity contribution in [3.63, 3.8) is 0 Å². The molecule has 0 N–H and O–H groups in total. The van der Waals surface area contributed by atoms with Crippen LogP contribution in [0.5, 0.6) is 5.75 Å². The van der Waals surface area contributed by atoms with Gasteiger partial charge in [-0.1, -0.05) is 23.2 Å². The van der Waals surface area contributed by atoms with E-state index in [1.807, 2.05) is 13.8 Å². The molecule has 1 nitrogen and oxygen atoms in total. The van der Waals surface area contributed by atoms with E-state index in [1.54, 1.807) is 12.1 Å². The highest BCUT2D eigenvalue weighted by atomic mass is 35.5. The van der Waals surface area contributed by atoms with Crippen LogP contribution in [-0.4, -0.2) is 6.10 Å². The molecule has 3 heteroatoms. The minimum atomic E-state index is 0.135. The maximum atomic E-state index is 5.75. The lowest BCUT2D eigenvalue weighted by molar-refractivity contribution is 0.242. The minimum Gasteiger partial charge on any atom is -0.491 e. The van der Waals surface area contributed by atoms with Gasteiger partial charge < -0.3 is 4.74 Å². The van der Waals surface area contributed by atoms with E-state index < -0.39 is 0 Å². The monoisotopic (exact) mass is 203 g/mol. The summed E-state index contributed by atoms with van der Waals surface area (Å²) in [6, 6.07) is 6.14. The summed E-state index contributed by atoms with van der Waals surface area (Å²) < 4.78 is 5.38. The third-order valence-electron chi connectivity index (χ3n) is 1.19. The van der Waals surface area contributed by atoms with Gasteiger partial charge in [0.2, 0.25) is 0 Å². The van der Waals surface area contributed by atoms with Crippen LogP contribution in [0.3, 0.4) is 0 Å². The Labute approximate surface area is 82.2 Å². The smallest absolute Gasteiger partial charge is 0.121 e. The fraction of sp³-hybridized carbons (Fsp3) is 0.333. The summed E-state index contributed by atoms with van der Waals surface area (Å²) in [5.41, 5.74) is 0. The summed E-state index contributed by atoms with van der Waals surface area (Å²) in [6.07, 6.45) is 0.135. The molecule has 0 aliphatic heterocycles. The SMILES string of the molecule is CC(C)Oc1c[c]c(Cl)c(Cl)c1. The first-order valence-corrected chi connectivity index (χ1v) is 4.38. The molecule has 0 aromatic heterocycles. The van der Waals surface area contributed by atoms with Gasteiger partial charge in [0.05, 0.1) is 16.1 Å².